The molecule has 0 radical (unpaired) electrons. The largest absolute Gasteiger partial charge is 0.497 e. The summed E-state index contributed by atoms with van der Waals surface area (Å²) in [5.74, 6) is 0.502. The van der Waals surface area contributed by atoms with Crippen molar-refractivity contribution in [2.24, 2.45) is 0 Å². The minimum atomic E-state index is -1.36. The molecule has 0 spiro atoms. The summed E-state index contributed by atoms with van der Waals surface area (Å²) >= 11 is 18.2. The smallest absolute Gasteiger partial charge is 0.347 e. The van der Waals surface area contributed by atoms with E-state index in [-0.39, 0.29) is 22.4 Å². The Labute approximate surface area is 764 Å². The molecule has 2 heterocycles. The van der Waals surface area contributed by atoms with Crippen molar-refractivity contribution in [3.8, 4) is 96.3 Å². The first-order valence-electron chi connectivity index (χ1n) is 41.6. The molecular weight excluding hydrogens is 1710 g/mol. The van der Waals surface area contributed by atoms with Crippen LogP contribution in [0.5, 0.6) is 51.7 Å². The van der Waals surface area contributed by atoms with Gasteiger partial charge in [-0.15, -0.1) is 0 Å². The number of aliphatic carboxylic acids is 4. The molecule has 0 unspecified atom stereocenters. The topological polar surface area (TPSA) is 274 Å². The molecule has 14 aromatic carbocycles. The lowest BCUT2D eigenvalue weighted by Gasteiger charge is -2.22. The van der Waals surface area contributed by atoms with Crippen molar-refractivity contribution in [2.45, 2.75) is 104 Å². The first-order chi connectivity index (χ1) is 62.3. The standard InChI is InChI=1S/C28H24O5.C27H21FO4.C26H22Cl2O5.C26H23ClO5/c1-28(2,27(30)31)33-23-16-11-18-5-4-6-24(25(18)17-23)19-7-9-20(10-8-19)26(29)21-12-14-22(32-3)15-13-21;1-27(2,26(30)31)32-22-15-12-17-4-3-5-23(24(17)16-22)18-6-8-19(9-7-18)25(29)20-10-13-21(28)14-11-20;1-3-4-16-11-19(33-18-7-5-17(27)6-8-18)9-10-20(16)22-14-31-24-13-23(28)25(12-21(22)24)32-15(2)26(29)30;1-3-4-17-13-20(32-19-7-5-18(27)6-8-19)9-11-22(17)24-15-30-25-12-10-21(14-23(24)25)31-16(2)26(28)29/h4-17H,1-3H3,(H,30,31);3-16H,1-2H3,(H,30,31);5-15H,3-4H2,1-2H3,(H,29,30);5-16H,3-4H2,1-2H3,(H,28,29)/t;;15-;16-/m..00/s1. The molecule has 23 heteroatoms. The van der Waals surface area contributed by atoms with Crippen LogP contribution in [0, 0.1) is 5.82 Å². The van der Waals surface area contributed by atoms with E-state index < -0.39 is 47.3 Å². The van der Waals surface area contributed by atoms with E-state index in [1.807, 2.05) is 164 Å². The van der Waals surface area contributed by atoms with E-state index in [0.29, 0.717) is 83.7 Å². The molecule has 0 saturated heterocycles. The quantitative estimate of drug-likeness (QED) is 0.0317. The molecule has 660 valence electrons. The van der Waals surface area contributed by atoms with Gasteiger partial charge in [0.05, 0.1) is 24.7 Å². The number of hydrogen-bond donors (Lipinski definition) is 4. The van der Waals surface area contributed by atoms with Crippen molar-refractivity contribution < 1.29 is 95.6 Å². The lowest BCUT2D eigenvalue weighted by Crippen LogP contribution is -2.37. The first-order valence-corrected chi connectivity index (χ1v) is 42.7. The summed E-state index contributed by atoms with van der Waals surface area (Å²) in [5, 5.41) is 44.1. The van der Waals surface area contributed by atoms with Gasteiger partial charge in [-0.2, -0.15) is 0 Å². The van der Waals surface area contributed by atoms with Crippen molar-refractivity contribution in [3.05, 3.63) is 352 Å². The Balaban J connectivity index is 0.000000148. The number of carbonyl (C=O) groups is 6. The molecular formula is C107H90Cl3FO19. The van der Waals surface area contributed by atoms with Gasteiger partial charge in [0.1, 0.15) is 68.7 Å². The SMILES string of the molecule is CC(C)(Oc1ccc2cccc(-c3ccc(C(=O)c4ccc(F)cc4)cc3)c2c1)C(=O)O.CCCc1cc(Oc2ccc(Cl)cc2)ccc1-c1coc2cc(Cl)c(O[C@@H](C)C(=O)O)cc12.CCCc1cc(Oc2ccc(Cl)cc2)ccc1-c1coc2ccc(O[C@@H](C)C(=O)O)cc12.COc1ccc(C(=O)c2ccc(-c3cccc4ccc(OC(C)(C)C(=O)O)cc34)cc2)cc1. The summed E-state index contributed by atoms with van der Waals surface area (Å²) in [6.07, 6.45) is 5.06. The number of carboxylic acids is 4. The number of rotatable bonds is 29. The van der Waals surface area contributed by atoms with Gasteiger partial charge in [0.15, 0.2) is 35.0 Å². The fourth-order valence-electron chi connectivity index (χ4n) is 14.2. The molecule has 0 aliphatic carbocycles. The summed E-state index contributed by atoms with van der Waals surface area (Å²) in [5.41, 5.74) is 10.5. The van der Waals surface area contributed by atoms with E-state index >= 15 is 0 Å². The van der Waals surface area contributed by atoms with Crippen LogP contribution in [0.4, 0.5) is 4.39 Å². The Hall–Kier alpha value is -14.7. The summed E-state index contributed by atoms with van der Waals surface area (Å²) in [6, 6.07) is 85.1. The average molecular weight is 1810 g/mol. The maximum atomic E-state index is 13.1. The number of aryl methyl sites for hydroxylation is 2. The summed E-state index contributed by atoms with van der Waals surface area (Å²) in [4.78, 5) is 70.7. The molecule has 0 amide bonds. The zero-order valence-corrected chi connectivity index (χ0v) is 74.5. The predicted octanol–water partition coefficient (Wildman–Crippen LogP) is 27.5. The van der Waals surface area contributed by atoms with E-state index in [9.17, 15) is 48.5 Å². The van der Waals surface area contributed by atoms with E-state index in [1.54, 1.807) is 117 Å². The van der Waals surface area contributed by atoms with Gasteiger partial charge < -0.3 is 62.4 Å². The molecule has 2 atom stereocenters. The molecule has 2 aromatic heterocycles. The number of fused-ring (bicyclic) bond motifs is 4. The number of furan rings is 2. The van der Waals surface area contributed by atoms with Crippen LogP contribution < -0.4 is 33.2 Å². The number of methoxy groups -OCH3 is 1. The summed E-state index contributed by atoms with van der Waals surface area (Å²) in [6.45, 7) is 13.2. The molecule has 130 heavy (non-hydrogen) atoms. The molecule has 0 saturated carbocycles. The number of carboxylic acid groups (broad SMARTS) is 4. The monoisotopic (exact) mass is 1800 g/mol. The van der Waals surface area contributed by atoms with E-state index in [2.05, 4.69) is 13.8 Å². The van der Waals surface area contributed by atoms with Crippen LogP contribution in [0.15, 0.2) is 306 Å². The zero-order chi connectivity index (χ0) is 92.7. The molecule has 0 aliphatic heterocycles. The third kappa shape index (κ3) is 22.8. The minimum absolute atomic E-state index is 0.0614. The third-order valence-corrected chi connectivity index (χ3v) is 22.0. The fraction of sp³-hybridized carbons (Fsp3) is 0.159. The summed E-state index contributed by atoms with van der Waals surface area (Å²) in [7, 11) is 1.59. The van der Waals surface area contributed by atoms with Gasteiger partial charge in [-0.25, -0.2) is 23.6 Å². The maximum absolute atomic E-state index is 13.1. The van der Waals surface area contributed by atoms with E-state index in [0.717, 1.165) is 125 Å². The van der Waals surface area contributed by atoms with Gasteiger partial charge in [-0.1, -0.05) is 171 Å². The van der Waals surface area contributed by atoms with Crippen LogP contribution in [-0.4, -0.2) is 86.4 Å². The van der Waals surface area contributed by atoms with Crippen LogP contribution in [0.2, 0.25) is 15.1 Å². The highest BCUT2D eigenvalue weighted by atomic mass is 35.5. The summed E-state index contributed by atoms with van der Waals surface area (Å²) < 4.78 is 64.3. The fourth-order valence-corrected chi connectivity index (χ4v) is 14.7. The normalized spacial score (nSPS) is 11.6. The Kier molecular flexibility index (Phi) is 29.6. The second kappa shape index (κ2) is 41.4. The van der Waals surface area contributed by atoms with Crippen molar-refractivity contribution in [1.29, 1.82) is 0 Å². The minimum Gasteiger partial charge on any atom is -0.497 e. The second-order valence-corrected chi connectivity index (χ2v) is 32.7. The van der Waals surface area contributed by atoms with Crippen LogP contribution in [0.3, 0.4) is 0 Å². The lowest BCUT2D eigenvalue weighted by atomic mass is 9.95. The van der Waals surface area contributed by atoms with Gasteiger partial charge in [-0.3, -0.25) is 9.59 Å². The molecule has 0 aliphatic rings. The van der Waals surface area contributed by atoms with Gasteiger partial charge in [-0.05, 0) is 290 Å². The number of carbonyl (C=O) groups excluding carboxylic acids is 2. The van der Waals surface area contributed by atoms with Crippen LogP contribution in [-0.2, 0) is 32.0 Å². The van der Waals surface area contributed by atoms with E-state index in [1.165, 1.54) is 65.8 Å². The lowest BCUT2D eigenvalue weighted by molar-refractivity contribution is -0.152. The van der Waals surface area contributed by atoms with Crippen LogP contribution in [0.25, 0.3) is 88.0 Å². The van der Waals surface area contributed by atoms with Crippen molar-refractivity contribution >= 4 is 114 Å². The van der Waals surface area contributed by atoms with Gasteiger partial charge >= 0.3 is 23.9 Å². The number of halogens is 4. The van der Waals surface area contributed by atoms with Crippen molar-refractivity contribution in [1.82, 2.24) is 0 Å². The number of hydrogen-bond acceptors (Lipinski definition) is 15. The zero-order valence-electron chi connectivity index (χ0n) is 72.2. The molecule has 4 N–H and O–H groups in total. The number of ether oxygens (including phenoxy) is 7. The first kappa shape index (κ1) is 93.0. The second-order valence-electron chi connectivity index (χ2n) is 31.4. The third-order valence-electron chi connectivity index (χ3n) is 21.2. The highest BCUT2D eigenvalue weighted by molar-refractivity contribution is 6.33. The Bertz CT molecular complexity index is 6800. The Morgan fingerprint density at radius 1 is 0.377 bits per heavy atom. The molecule has 0 bridgehead atoms. The van der Waals surface area contributed by atoms with Crippen molar-refractivity contribution in [3.63, 3.8) is 0 Å². The highest BCUT2D eigenvalue weighted by Crippen LogP contribution is 2.43. The van der Waals surface area contributed by atoms with Gasteiger partial charge in [0, 0.05) is 60.3 Å². The maximum Gasteiger partial charge on any atom is 0.347 e. The molecule has 19 nitrogen and oxygen atoms in total. The molecule has 0 fully saturated rings. The van der Waals surface area contributed by atoms with E-state index in [4.69, 9.17) is 81.9 Å². The highest BCUT2D eigenvalue weighted by Gasteiger charge is 2.32. The van der Waals surface area contributed by atoms with Crippen LogP contribution in [0.1, 0.15) is 111 Å². The Morgan fingerprint density at radius 2 is 0.754 bits per heavy atom. The molecule has 16 rings (SSSR count). The van der Waals surface area contributed by atoms with Crippen LogP contribution >= 0.6 is 34.8 Å². The number of benzene rings is 14. The number of ketones is 2. The van der Waals surface area contributed by atoms with Gasteiger partial charge in [0.25, 0.3) is 0 Å². The van der Waals surface area contributed by atoms with Crippen molar-refractivity contribution in [2.75, 3.05) is 7.11 Å². The molecule has 16 aromatic rings. The average Bonchev–Trinajstić information content (AvgIpc) is 1.60. The van der Waals surface area contributed by atoms with Gasteiger partial charge in [0.2, 0.25) is 0 Å². The predicted molar refractivity (Wildman–Crippen MR) is 505 cm³/mol. The Morgan fingerprint density at radius 3 is 1.18 bits per heavy atom.